The minimum absolute atomic E-state index is 0.187. The number of anilines is 1. The first-order valence-corrected chi connectivity index (χ1v) is 4.53. The molecule has 1 nitrogen and oxygen atoms in total. The predicted octanol–water partition coefficient (Wildman–Crippen LogP) is 2.54. The predicted molar refractivity (Wildman–Crippen MR) is 53.3 cm³/mol. The molecule has 1 rings (SSSR count). The van der Waals surface area contributed by atoms with Crippen molar-refractivity contribution in [2.45, 2.75) is 6.92 Å². The highest BCUT2D eigenvalue weighted by molar-refractivity contribution is 7.80. The Balaban J connectivity index is 2.92. The van der Waals surface area contributed by atoms with Gasteiger partial charge in [-0.15, -0.1) is 0 Å². The van der Waals surface area contributed by atoms with Crippen molar-refractivity contribution >= 4 is 18.3 Å². The van der Waals surface area contributed by atoms with E-state index in [1.165, 1.54) is 6.07 Å². The standard InChI is InChI=1S/C9H12FNS/c1-2-11(7-12)9-6-4-3-5-8(9)10/h3-6,12H,2,7H2,1H3. The highest BCUT2D eigenvalue weighted by Gasteiger charge is 2.05. The molecule has 0 aliphatic rings. The Morgan fingerprint density at radius 3 is 2.58 bits per heavy atom. The van der Waals surface area contributed by atoms with E-state index in [-0.39, 0.29) is 5.82 Å². The zero-order valence-corrected chi connectivity index (χ0v) is 7.89. The van der Waals surface area contributed by atoms with Gasteiger partial charge in [0.25, 0.3) is 0 Å². The fourth-order valence-corrected chi connectivity index (χ4v) is 1.41. The number of rotatable bonds is 3. The van der Waals surface area contributed by atoms with Crippen LogP contribution in [0.25, 0.3) is 0 Å². The maximum absolute atomic E-state index is 13.1. The summed E-state index contributed by atoms with van der Waals surface area (Å²) in [5.74, 6) is 0.352. The quantitative estimate of drug-likeness (QED) is 0.559. The van der Waals surface area contributed by atoms with Gasteiger partial charge in [-0.3, -0.25) is 0 Å². The summed E-state index contributed by atoms with van der Waals surface area (Å²) in [5.41, 5.74) is 0.620. The van der Waals surface area contributed by atoms with Gasteiger partial charge < -0.3 is 4.90 Å². The van der Waals surface area contributed by atoms with E-state index in [0.717, 1.165) is 6.54 Å². The number of halogens is 1. The first-order chi connectivity index (χ1) is 5.79. The van der Waals surface area contributed by atoms with Crippen molar-refractivity contribution in [3.63, 3.8) is 0 Å². The van der Waals surface area contributed by atoms with Gasteiger partial charge in [-0.25, -0.2) is 4.39 Å². The molecule has 0 atom stereocenters. The maximum Gasteiger partial charge on any atom is 0.146 e. The molecule has 0 unspecified atom stereocenters. The smallest absolute Gasteiger partial charge is 0.146 e. The largest absolute Gasteiger partial charge is 0.360 e. The molecule has 12 heavy (non-hydrogen) atoms. The lowest BCUT2D eigenvalue weighted by Gasteiger charge is -2.20. The van der Waals surface area contributed by atoms with Gasteiger partial charge in [0, 0.05) is 6.54 Å². The summed E-state index contributed by atoms with van der Waals surface area (Å²) in [4.78, 5) is 1.86. The van der Waals surface area contributed by atoms with Crippen LogP contribution in [0.15, 0.2) is 24.3 Å². The number of hydrogen-bond donors (Lipinski definition) is 1. The molecule has 1 aromatic carbocycles. The molecule has 0 aliphatic carbocycles. The molecule has 0 radical (unpaired) electrons. The van der Waals surface area contributed by atoms with Crippen molar-refractivity contribution in [3.8, 4) is 0 Å². The van der Waals surface area contributed by atoms with Gasteiger partial charge in [0.05, 0.1) is 11.6 Å². The van der Waals surface area contributed by atoms with E-state index in [4.69, 9.17) is 0 Å². The van der Waals surface area contributed by atoms with E-state index in [1.807, 2.05) is 17.9 Å². The second-order valence-corrected chi connectivity index (χ2v) is 2.73. The fourth-order valence-electron chi connectivity index (χ4n) is 1.05. The molecule has 0 aliphatic heterocycles. The lowest BCUT2D eigenvalue weighted by Crippen LogP contribution is -2.21. The van der Waals surface area contributed by atoms with E-state index in [9.17, 15) is 4.39 Å². The zero-order valence-electron chi connectivity index (χ0n) is 7.00. The molecular formula is C9H12FNS. The average Bonchev–Trinajstić information content (AvgIpc) is 2.10. The van der Waals surface area contributed by atoms with Crippen LogP contribution in [0.1, 0.15) is 6.92 Å². The summed E-state index contributed by atoms with van der Waals surface area (Å²) in [7, 11) is 0. The third kappa shape index (κ3) is 1.91. The van der Waals surface area contributed by atoms with E-state index < -0.39 is 0 Å². The third-order valence-corrected chi connectivity index (χ3v) is 2.09. The number of para-hydroxylation sites is 1. The highest BCUT2D eigenvalue weighted by Crippen LogP contribution is 2.18. The summed E-state index contributed by atoms with van der Waals surface area (Å²) < 4.78 is 13.1. The van der Waals surface area contributed by atoms with Crippen molar-refractivity contribution in [1.82, 2.24) is 0 Å². The molecule has 0 fully saturated rings. The summed E-state index contributed by atoms with van der Waals surface area (Å²) in [6.07, 6.45) is 0. The molecule has 0 amide bonds. The lowest BCUT2D eigenvalue weighted by molar-refractivity contribution is 0.623. The number of benzene rings is 1. The van der Waals surface area contributed by atoms with Gasteiger partial charge >= 0.3 is 0 Å². The van der Waals surface area contributed by atoms with Gasteiger partial charge in [-0.2, -0.15) is 12.6 Å². The molecule has 0 aromatic heterocycles. The Morgan fingerprint density at radius 1 is 1.42 bits per heavy atom. The second kappa shape index (κ2) is 4.36. The van der Waals surface area contributed by atoms with Crippen LogP contribution in [0.5, 0.6) is 0 Å². The van der Waals surface area contributed by atoms with Crippen LogP contribution in [0.4, 0.5) is 10.1 Å². The lowest BCUT2D eigenvalue weighted by atomic mass is 10.3. The monoisotopic (exact) mass is 185 g/mol. The van der Waals surface area contributed by atoms with E-state index >= 15 is 0 Å². The Kier molecular flexibility index (Phi) is 3.41. The SMILES string of the molecule is CCN(CS)c1ccccc1F. The normalized spacial score (nSPS) is 9.92. The van der Waals surface area contributed by atoms with E-state index in [0.29, 0.717) is 11.6 Å². The molecule has 66 valence electrons. The van der Waals surface area contributed by atoms with Gasteiger partial charge in [-0.05, 0) is 19.1 Å². The van der Waals surface area contributed by atoms with Crippen molar-refractivity contribution < 1.29 is 4.39 Å². The van der Waals surface area contributed by atoms with Crippen LogP contribution in [0.3, 0.4) is 0 Å². The van der Waals surface area contributed by atoms with Crippen LogP contribution in [0.2, 0.25) is 0 Å². The number of nitrogens with zero attached hydrogens (tertiary/aromatic N) is 1. The summed E-state index contributed by atoms with van der Waals surface area (Å²) in [6, 6.07) is 6.73. The van der Waals surface area contributed by atoms with Gasteiger partial charge in [0.1, 0.15) is 5.82 Å². The van der Waals surface area contributed by atoms with Crippen LogP contribution in [-0.4, -0.2) is 12.4 Å². The molecule has 0 saturated carbocycles. The fraction of sp³-hybridized carbons (Fsp3) is 0.333. The minimum Gasteiger partial charge on any atom is -0.360 e. The molecule has 0 bridgehead atoms. The molecule has 1 aromatic rings. The van der Waals surface area contributed by atoms with E-state index in [2.05, 4.69) is 12.6 Å². The molecule has 0 spiro atoms. The Morgan fingerprint density at radius 2 is 2.08 bits per heavy atom. The van der Waals surface area contributed by atoms with Crippen LogP contribution >= 0.6 is 12.6 Å². The van der Waals surface area contributed by atoms with Crippen molar-refractivity contribution in [3.05, 3.63) is 30.1 Å². The van der Waals surface area contributed by atoms with Crippen LogP contribution < -0.4 is 4.90 Å². The summed E-state index contributed by atoms with van der Waals surface area (Å²) >= 11 is 4.11. The van der Waals surface area contributed by atoms with Crippen molar-refractivity contribution in [2.75, 3.05) is 17.3 Å². The highest BCUT2D eigenvalue weighted by atomic mass is 32.1. The average molecular weight is 185 g/mol. The van der Waals surface area contributed by atoms with Crippen molar-refractivity contribution in [1.29, 1.82) is 0 Å². The van der Waals surface area contributed by atoms with Gasteiger partial charge in [-0.1, -0.05) is 12.1 Å². The molecular weight excluding hydrogens is 173 g/mol. The minimum atomic E-state index is -0.187. The molecule has 0 saturated heterocycles. The Hall–Kier alpha value is -0.700. The first kappa shape index (κ1) is 9.39. The number of hydrogen-bond acceptors (Lipinski definition) is 2. The molecule has 0 heterocycles. The molecule has 0 N–H and O–H groups in total. The van der Waals surface area contributed by atoms with Gasteiger partial charge in [0.2, 0.25) is 0 Å². The Bertz CT molecular complexity index is 248. The van der Waals surface area contributed by atoms with Gasteiger partial charge in [0.15, 0.2) is 0 Å². The summed E-state index contributed by atoms with van der Waals surface area (Å²) in [6.45, 7) is 2.74. The third-order valence-electron chi connectivity index (χ3n) is 1.75. The van der Waals surface area contributed by atoms with Crippen LogP contribution in [-0.2, 0) is 0 Å². The maximum atomic E-state index is 13.1. The number of thiol groups is 1. The van der Waals surface area contributed by atoms with Crippen LogP contribution in [0, 0.1) is 5.82 Å². The zero-order chi connectivity index (χ0) is 8.97. The van der Waals surface area contributed by atoms with E-state index in [1.54, 1.807) is 12.1 Å². The molecule has 3 heteroatoms. The van der Waals surface area contributed by atoms with Crippen molar-refractivity contribution in [2.24, 2.45) is 0 Å². The first-order valence-electron chi connectivity index (χ1n) is 3.90. The second-order valence-electron chi connectivity index (χ2n) is 2.45. The Labute approximate surface area is 77.6 Å². The summed E-state index contributed by atoms with van der Waals surface area (Å²) in [5, 5.41) is 0. The topological polar surface area (TPSA) is 3.24 Å².